The Hall–Kier alpha value is -1.39. The Labute approximate surface area is 120 Å². The number of benzene rings is 1. The number of hydrogen-bond acceptors (Lipinski definition) is 3. The molecule has 2 aliphatic heterocycles. The molecule has 4 nitrogen and oxygen atoms in total. The maximum absolute atomic E-state index is 12.0. The Morgan fingerprint density at radius 1 is 1.05 bits per heavy atom. The van der Waals surface area contributed by atoms with Gasteiger partial charge in [0.1, 0.15) is 0 Å². The van der Waals surface area contributed by atoms with Crippen LogP contribution in [0, 0.1) is 0 Å². The first kappa shape index (κ1) is 13.6. The average Bonchev–Trinajstić information content (AvgIpc) is 2.80. The van der Waals surface area contributed by atoms with E-state index in [1.807, 2.05) is 17.0 Å². The molecule has 1 N–H and O–H groups in total. The summed E-state index contributed by atoms with van der Waals surface area (Å²) in [4.78, 5) is 16.5. The molecule has 0 aliphatic carbocycles. The van der Waals surface area contributed by atoms with Gasteiger partial charge in [-0.1, -0.05) is 18.2 Å². The number of hydrogen-bond donors (Lipinski definition) is 1. The van der Waals surface area contributed by atoms with Gasteiger partial charge in [-0.2, -0.15) is 0 Å². The number of nitrogens with one attached hydrogen (secondary N) is 1. The van der Waals surface area contributed by atoms with Crippen molar-refractivity contribution in [3.8, 4) is 0 Å². The summed E-state index contributed by atoms with van der Waals surface area (Å²) in [7, 11) is 0. The lowest BCUT2D eigenvalue weighted by Gasteiger charge is -2.27. The van der Waals surface area contributed by atoms with Crippen LogP contribution in [0.3, 0.4) is 0 Å². The number of carbonyl (C=O) groups excluding carboxylic acids is 1. The second kappa shape index (κ2) is 6.37. The molecule has 1 aromatic rings. The number of anilines is 1. The molecule has 2 aliphatic rings. The summed E-state index contributed by atoms with van der Waals surface area (Å²) < 4.78 is 0. The predicted octanol–water partition coefficient (Wildman–Crippen LogP) is 1.26. The SMILES string of the molecule is O=C1Cc2ccccc2N1CCCCN1CCNCC1. The molecule has 0 saturated carbocycles. The lowest BCUT2D eigenvalue weighted by molar-refractivity contribution is -0.117. The Bertz CT molecular complexity index is 469. The minimum Gasteiger partial charge on any atom is -0.314 e. The summed E-state index contributed by atoms with van der Waals surface area (Å²) in [6.45, 7) is 6.56. The van der Waals surface area contributed by atoms with E-state index in [1.165, 1.54) is 12.0 Å². The van der Waals surface area contributed by atoms with E-state index in [0.29, 0.717) is 6.42 Å². The third-order valence-electron chi connectivity index (χ3n) is 4.24. The Kier molecular flexibility index (Phi) is 4.33. The van der Waals surface area contributed by atoms with Gasteiger partial charge in [0.05, 0.1) is 6.42 Å². The monoisotopic (exact) mass is 273 g/mol. The highest BCUT2D eigenvalue weighted by atomic mass is 16.2. The number of para-hydroxylation sites is 1. The van der Waals surface area contributed by atoms with Gasteiger partial charge in [0, 0.05) is 38.4 Å². The van der Waals surface area contributed by atoms with Crippen LogP contribution in [-0.4, -0.2) is 50.1 Å². The molecule has 20 heavy (non-hydrogen) atoms. The van der Waals surface area contributed by atoms with Gasteiger partial charge < -0.3 is 15.1 Å². The van der Waals surface area contributed by atoms with Gasteiger partial charge in [-0.15, -0.1) is 0 Å². The Balaban J connectivity index is 1.45. The minimum absolute atomic E-state index is 0.258. The van der Waals surface area contributed by atoms with Crippen molar-refractivity contribution in [1.82, 2.24) is 10.2 Å². The molecular weight excluding hydrogens is 250 g/mol. The van der Waals surface area contributed by atoms with Gasteiger partial charge in [-0.25, -0.2) is 0 Å². The zero-order valence-corrected chi connectivity index (χ0v) is 12.0. The molecule has 1 amide bonds. The predicted molar refractivity (Wildman–Crippen MR) is 81.0 cm³/mol. The number of unbranched alkanes of at least 4 members (excludes halogenated alkanes) is 1. The molecule has 0 unspecified atom stereocenters. The van der Waals surface area contributed by atoms with E-state index in [2.05, 4.69) is 22.3 Å². The van der Waals surface area contributed by atoms with Crippen LogP contribution in [0.25, 0.3) is 0 Å². The number of carbonyl (C=O) groups is 1. The van der Waals surface area contributed by atoms with Crippen molar-refractivity contribution in [2.24, 2.45) is 0 Å². The molecule has 0 bridgehead atoms. The molecule has 108 valence electrons. The van der Waals surface area contributed by atoms with Crippen LogP contribution in [0.4, 0.5) is 5.69 Å². The molecule has 3 rings (SSSR count). The number of nitrogens with zero attached hydrogens (tertiary/aromatic N) is 2. The number of piperazine rings is 1. The summed E-state index contributed by atoms with van der Waals surface area (Å²) in [6, 6.07) is 8.16. The van der Waals surface area contributed by atoms with Crippen molar-refractivity contribution >= 4 is 11.6 Å². The topological polar surface area (TPSA) is 35.6 Å². The quantitative estimate of drug-likeness (QED) is 0.821. The van der Waals surface area contributed by atoms with Crippen LogP contribution in [0.2, 0.25) is 0 Å². The zero-order chi connectivity index (χ0) is 13.8. The van der Waals surface area contributed by atoms with E-state index in [4.69, 9.17) is 0 Å². The van der Waals surface area contributed by atoms with E-state index in [0.717, 1.165) is 51.4 Å². The highest BCUT2D eigenvalue weighted by molar-refractivity contribution is 6.01. The van der Waals surface area contributed by atoms with E-state index >= 15 is 0 Å². The molecule has 4 heteroatoms. The Morgan fingerprint density at radius 3 is 2.65 bits per heavy atom. The van der Waals surface area contributed by atoms with Crippen LogP contribution in [-0.2, 0) is 11.2 Å². The van der Waals surface area contributed by atoms with Crippen molar-refractivity contribution in [2.45, 2.75) is 19.3 Å². The summed E-state index contributed by atoms with van der Waals surface area (Å²) in [5, 5.41) is 3.37. The van der Waals surface area contributed by atoms with Gasteiger partial charge in [-0.3, -0.25) is 4.79 Å². The van der Waals surface area contributed by atoms with Crippen molar-refractivity contribution in [1.29, 1.82) is 0 Å². The molecule has 1 saturated heterocycles. The van der Waals surface area contributed by atoms with Crippen molar-refractivity contribution in [3.05, 3.63) is 29.8 Å². The van der Waals surface area contributed by atoms with Gasteiger partial charge in [0.25, 0.3) is 0 Å². The minimum atomic E-state index is 0.258. The van der Waals surface area contributed by atoms with Crippen LogP contribution >= 0.6 is 0 Å². The second-order valence-corrected chi connectivity index (χ2v) is 5.65. The standard InChI is InChI=1S/C16H23N3O/c20-16-13-14-5-1-2-6-15(14)19(16)10-4-3-9-18-11-7-17-8-12-18/h1-2,5-6,17H,3-4,7-13H2. The molecule has 0 spiro atoms. The summed E-state index contributed by atoms with van der Waals surface area (Å²) in [5.74, 6) is 0.258. The van der Waals surface area contributed by atoms with Crippen LogP contribution in [0.1, 0.15) is 18.4 Å². The highest BCUT2D eigenvalue weighted by Crippen LogP contribution is 2.28. The summed E-state index contributed by atoms with van der Waals surface area (Å²) in [6.07, 6.45) is 2.84. The van der Waals surface area contributed by atoms with Gasteiger partial charge >= 0.3 is 0 Å². The summed E-state index contributed by atoms with van der Waals surface area (Å²) in [5.41, 5.74) is 2.30. The fourth-order valence-electron chi connectivity index (χ4n) is 3.10. The van der Waals surface area contributed by atoms with Crippen LogP contribution in [0.15, 0.2) is 24.3 Å². The molecular formula is C16H23N3O. The number of fused-ring (bicyclic) bond motifs is 1. The van der Waals surface area contributed by atoms with Gasteiger partial charge in [0.15, 0.2) is 0 Å². The molecule has 2 heterocycles. The first-order chi connectivity index (χ1) is 9.84. The normalized spacial score (nSPS) is 19.4. The molecule has 1 aromatic carbocycles. The third kappa shape index (κ3) is 3.02. The van der Waals surface area contributed by atoms with E-state index in [-0.39, 0.29) is 5.91 Å². The first-order valence-electron chi connectivity index (χ1n) is 7.66. The van der Waals surface area contributed by atoms with E-state index in [1.54, 1.807) is 0 Å². The fraction of sp³-hybridized carbons (Fsp3) is 0.562. The van der Waals surface area contributed by atoms with Crippen LogP contribution in [0.5, 0.6) is 0 Å². The van der Waals surface area contributed by atoms with Crippen LogP contribution < -0.4 is 10.2 Å². The fourth-order valence-corrected chi connectivity index (χ4v) is 3.10. The summed E-state index contributed by atoms with van der Waals surface area (Å²) >= 11 is 0. The van der Waals surface area contributed by atoms with Gasteiger partial charge in [0.2, 0.25) is 5.91 Å². The first-order valence-corrected chi connectivity index (χ1v) is 7.66. The molecule has 0 radical (unpaired) electrons. The molecule has 1 fully saturated rings. The average molecular weight is 273 g/mol. The Morgan fingerprint density at radius 2 is 1.80 bits per heavy atom. The molecule has 0 atom stereocenters. The lowest BCUT2D eigenvalue weighted by atomic mass is 10.2. The highest BCUT2D eigenvalue weighted by Gasteiger charge is 2.25. The van der Waals surface area contributed by atoms with Crippen molar-refractivity contribution in [3.63, 3.8) is 0 Å². The maximum Gasteiger partial charge on any atom is 0.231 e. The lowest BCUT2D eigenvalue weighted by Crippen LogP contribution is -2.43. The smallest absolute Gasteiger partial charge is 0.231 e. The largest absolute Gasteiger partial charge is 0.314 e. The van der Waals surface area contributed by atoms with Gasteiger partial charge in [-0.05, 0) is 31.0 Å². The van der Waals surface area contributed by atoms with E-state index in [9.17, 15) is 4.79 Å². The maximum atomic E-state index is 12.0. The second-order valence-electron chi connectivity index (χ2n) is 5.65. The third-order valence-corrected chi connectivity index (χ3v) is 4.24. The van der Waals surface area contributed by atoms with Crippen molar-refractivity contribution < 1.29 is 4.79 Å². The molecule has 0 aromatic heterocycles. The number of rotatable bonds is 5. The van der Waals surface area contributed by atoms with Crippen molar-refractivity contribution in [2.75, 3.05) is 44.2 Å². The van der Waals surface area contributed by atoms with E-state index < -0.39 is 0 Å². The zero-order valence-electron chi connectivity index (χ0n) is 12.0. The number of amides is 1.